The minimum Gasteiger partial charge on any atom is -0.100 e. The van der Waals surface area contributed by atoms with Gasteiger partial charge in [0, 0.05) is 10.6 Å². The minimum absolute atomic E-state index is 0.360. The van der Waals surface area contributed by atoms with Crippen LogP contribution in [0.3, 0.4) is 0 Å². The molecule has 1 aromatic rings. The number of hydrogen-bond donors (Lipinski definition) is 0. The van der Waals surface area contributed by atoms with Crippen molar-refractivity contribution in [1.82, 2.24) is 0 Å². The zero-order valence-electron chi connectivity index (χ0n) is 6.54. The quantitative estimate of drug-likeness (QED) is 0.474. The average Bonchev–Trinajstić information content (AvgIpc) is 2.07. The molecule has 0 N–H and O–H groups in total. The second-order valence-corrected chi connectivity index (χ2v) is 4.76. The van der Waals surface area contributed by atoms with Gasteiger partial charge in [-0.05, 0) is 18.6 Å². The first-order valence-corrected chi connectivity index (χ1v) is 5.38. The molecule has 0 aliphatic rings. The van der Waals surface area contributed by atoms with Crippen molar-refractivity contribution in [2.24, 2.45) is 0 Å². The van der Waals surface area contributed by atoms with Gasteiger partial charge in [0.25, 0.3) is 0 Å². The maximum atomic E-state index is 5.91. The fourth-order valence-electron chi connectivity index (χ4n) is 0.863. The molecule has 5 heteroatoms. The van der Waals surface area contributed by atoms with E-state index in [0.29, 0.717) is 20.6 Å². The summed E-state index contributed by atoms with van der Waals surface area (Å²) in [5, 5.41) is 1.27. The van der Waals surface area contributed by atoms with Crippen molar-refractivity contribution in [3.05, 3.63) is 32.3 Å². The summed E-state index contributed by atoms with van der Waals surface area (Å²) in [6, 6.07) is 1.62. The molecule has 0 saturated carbocycles. The molecule has 13 heavy (non-hydrogen) atoms. The maximum absolute atomic E-state index is 5.91. The van der Waals surface area contributed by atoms with E-state index in [1.54, 1.807) is 13.0 Å². The Balaban J connectivity index is 3.41. The number of alkyl halides is 2. The van der Waals surface area contributed by atoms with E-state index >= 15 is 0 Å². The van der Waals surface area contributed by atoms with E-state index in [0.717, 1.165) is 5.56 Å². The van der Waals surface area contributed by atoms with Crippen molar-refractivity contribution in [1.29, 1.82) is 0 Å². The highest BCUT2D eigenvalue weighted by atomic mass is 35.5. The smallest absolute Gasteiger partial charge is 0.100 e. The highest BCUT2D eigenvalue weighted by Gasteiger charge is 2.15. The molecule has 72 valence electrons. The van der Waals surface area contributed by atoms with Crippen LogP contribution < -0.4 is 0 Å². The predicted molar refractivity (Wildman–Crippen MR) is 60.7 cm³/mol. The van der Waals surface area contributed by atoms with Crippen LogP contribution in [0.1, 0.15) is 16.0 Å². The molecule has 0 unspecified atom stereocenters. The van der Waals surface area contributed by atoms with Gasteiger partial charge in [-0.1, -0.05) is 34.8 Å². The van der Waals surface area contributed by atoms with Crippen LogP contribution in [0.4, 0.5) is 0 Å². The van der Waals surface area contributed by atoms with Gasteiger partial charge >= 0.3 is 0 Å². The molecule has 0 saturated heterocycles. The summed E-state index contributed by atoms with van der Waals surface area (Å²) in [4.78, 5) is -0.719. The van der Waals surface area contributed by atoms with Gasteiger partial charge < -0.3 is 0 Å². The lowest BCUT2D eigenvalue weighted by Gasteiger charge is -2.10. The van der Waals surface area contributed by atoms with E-state index in [2.05, 4.69) is 0 Å². The molecular weight excluding hydrogens is 273 g/mol. The zero-order chi connectivity index (χ0) is 10.2. The number of hydrogen-bond acceptors (Lipinski definition) is 0. The van der Waals surface area contributed by atoms with Gasteiger partial charge in [-0.15, -0.1) is 23.2 Å². The van der Waals surface area contributed by atoms with Crippen LogP contribution in [0, 0.1) is 6.92 Å². The second-order valence-electron chi connectivity index (χ2n) is 2.50. The summed E-state index contributed by atoms with van der Waals surface area (Å²) in [5.41, 5.74) is 1.26. The monoisotopic (exact) mass is 276 g/mol. The van der Waals surface area contributed by atoms with Gasteiger partial charge in [0.2, 0.25) is 0 Å². The lowest BCUT2D eigenvalue weighted by Crippen LogP contribution is -1.88. The van der Waals surface area contributed by atoms with Crippen LogP contribution >= 0.6 is 58.0 Å². The van der Waals surface area contributed by atoms with Gasteiger partial charge in [0.1, 0.15) is 4.84 Å². The van der Waals surface area contributed by atoms with Crippen LogP contribution in [0.15, 0.2) is 6.07 Å². The molecular formula is C8H5Cl5. The number of halogens is 5. The fraction of sp³-hybridized carbons (Fsp3) is 0.250. The molecule has 0 aromatic heterocycles. The predicted octanol–water partition coefficient (Wildman–Crippen LogP) is 5.43. The van der Waals surface area contributed by atoms with Crippen LogP contribution in [0.2, 0.25) is 15.1 Å². The minimum atomic E-state index is -0.719. The van der Waals surface area contributed by atoms with Gasteiger partial charge in [-0.25, -0.2) is 0 Å². The van der Waals surface area contributed by atoms with Crippen LogP contribution in [-0.4, -0.2) is 0 Å². The maximum Gasteiger partial charge on any atom is 0.134 e. The Labute approximate surface area is 102 Å². The van der Waals surface area contributed by atoms with E-state index in [4.69, 9.17) is 58.0 Å². The Morgan fingerprint density at radius 1 is 1.08 bits per heavy atom. The molecule has 0 spiro atoms. The van der Waals surface area contributed by atoms with Crippen LogP contribution in [0.5, 0.6) is 0 Å². The molecule has 0 aliphatic heterocycles. The molecule has 0 aliphatic carbocycles. The topological polar surface area (TPSA) is 0 Å². The first-order chi connectivity index (χ1) is 5.95. The molecule has 0 amide bonds. The average molecular weight is 278 g/mol. The van der Waals surface area contributed by atoms with Gasteiger partial charge in [-0.2, -0.15) is 0 Å². The number of benzene rings is 1. The molecule has 0 fully saturated rings. The molecule has 0 bridgehead atoms. The van der Waals surface area contributed by atoms with Gasteiger partial charge in [0.05, 0.1) is 10.0 Å². The Morgan fingerprint density at radius 2 is 1.62 bits per heavy atom. The molecule has 0 atom stereocenters. The van der Waals surface area contributed by atoms with Crippen LogP contribution in [-0.2, 0) is 0 Å². The summed E-state index contributed by atoms with van der Waals surface area (Å²) in [7, 11) is 0. The molecule has 1 rings (SSSR count). The highest BCUT2D eigenvalue weighted by molar-refractivity contribution is 6.48. The van der Waals surface area contributed by atoms with Crippen molar-refractivity contribution >= 4 is 58.0 Å². The lowest BCUT2D eigenvalue weighted by atomic mass is 10.2. The van der Waals surface area contributed by atoms with Crippen molar-refractivity contribution in [3.8, 4) is 0 Å². The Morgan fingerprint density at radius 3 is 2.08 bits per heavy atom. The highest BCUT2D eigenvalue weighted by Crippen LogP contribution is 2.40. The van der Waals surface area contributed by atoms with E-state index in [1.165, 1.54) is 0 Å². The standard InChI is InChI=1S/C8H5Cl5/c1-3-5(9)2-4(8(12)13)7(11)6(3)10/h2,8H,1H3. The first kappa shape index (κ1) is 11.7. The normalized spacial score (nSPS) is 11.0. The second kappa shape index (κ2) is 4.46. The van der Waals surface area contributed by atoms with Crippen molar-refractivity contribution in [2.45, 2.75) is 11.8 Å². The van der Waals surface area contributed by atoms with E-state index in [9.17, 15) is 0 Å². The summed E-state index contributed by atoms with van der Waals surface area (Å²) >= 11 is 29.0. The fourth-order valence-corrected chi connectivity index (χ4v) is 2.10. The van der Waals surface area contributed by atoms with Crippen molar-refractivity contribution in [2.75, 3.05) is 0 Å². The Hall–Kier alpha value is 0.670. The number of rotatable bonds is 1. The molecule has 1 aromatic carbocycles. The van der Waals surface area contributed by atoms with Gasteiger partial charge in [0.15, 0.2) is 0 Å². The summed E-state index contributed by atoms with van der Waals surface area (Å²) in [6.07, 6.45) is 0. The molecule has 0 nitrogen and oxygen atoms in total. The van der Waals surface area contributed by atoms with Gasteiger partial charge in [-0.3, -0.25) is 0 Å². The van der Waals surface area contributed by atoms with E-state index in [-0.39, 0.29) is 0 Å². The summed E-state index contributed by atoms with van der Waals surface area (Å²) < 4.78 is 0. The SMILES string of the molecule is Cc1c(Cl)cc(C(Cl)Cl)c(Cl)c1Cl. The summed E-state index contributed by atoms with van der Waals surface area (Å²) in [6.45, 7) is 1.78. The molecule has 0 radical (unpaired) electrons. The van der Waals surface area contributed by atoms with Crippen molar-refractivity contribution < 1.29 is 0 Å². The van der Waals surface area contributed by atoms with E-state index < -0.39 is 4.84 Å². The zero-order valence-corrected chi connectivity index (χ0v) is 10.3. The molecule has 0 heterocycles. The first-order valence-electron chi connectivity index (χ1n) is 3.37. The summed E-state index contributed by atoms with van der Waals surface area (Å²) in [5.74, 6) is 0. The van der Waals surface area contributed by atoms with Crippen molar-refractivity contribution in [3.63, 3.8) is 0 Å². The Bertz CT molecular complexity index is 332. The third kappa shape index (κ3) is 2.37. The largest absolute Gasteiger partial charge is 0.134 e. The Kier molecular flexibility index (Phi) is 4.03. The third-order valence-corrected chi connectivity index (χ3v) is 3.49. The van der Waals surface area contributed by atoms with Crippen LogP contribution in [0.25, 0.3) is 0 Å². The third-order valence-electron chi connectivity index (χ3n) is 1.65. The lowest BCUT2D eigenvalue weighted by molar-refractivity contribution is 1.32. The van der Waals surface area contributed by atoms with E-state index in [1.807, 2.05) is 0 Å².